The van der Waals surface area contributed by atoms with E-state index in [0.717, 1.165) is 19.3 Å². The number of aromatic nitrogens is 6. The number of carboxylic acid groups (broad SMARTS) is 1. The molecule has 0 unspecified atom stereocenters. The number of aromatic carboxylic acids is 1. The summed E-state index contributed by atoms with van der Waals surface area (Å²) in [5, 5.41) is 23.7. The molecule has 0 saturated carbocycles. The van der Waals surface area contributed by atoms with Crippen LogP contribution in [-0.2, 0) is 37.3 Å². The number of carboxylic acids is 1. The molecule has 5 N–H and O–H groups in total. The Morgan fingerprint density at radius 2 is 1.49 bits per heavy atom. The van der Waals surface area contributed by atoms with Gasteiger partial charge in [0.2, 0.25) is 17.6 Å². The fraction of sp³-hybridized carbons (Fsp3) is 0.367. The highest BCUT2D eigenvalue weighted by atomic mass is 16.4. The number of unbranched alkanes of at least 4 members (excludes halogenated alkanes) is 3. The molecule has 4 rings (SSSR count). The number of azide groups is 1. The number of carbonyl (C=O) groups excluding carboxylic acids is 4. The first-order valence-electron chi connectivity index (χ1n) is 15.3. The van der Waals surface area contributed by atoms with Gasteiger partial charge in [-0.1, -0.05) is 18.0 Å². The number of hydrogen-bond donors (Lipinski definition) is 5. The Labute approximate surface area is 279 Å². The van der Waals surface area contributed by atoms with Crippen LogP contribution >= 0.6 is 0 Å². The molecular weight excluding hydrogens is 638 g/mol. The van der Waals surface area contributed by atoms with E-state index in [1.165, 1.54) is 29.2 Å². The lowest BCUT2D eigenvalue weighted by atomic mass is 10.2. The largest absolute Gasteiger partial charge is 0.477 e. The minimum atomic E-state index is -1.14. The lowest BCUT2D eigenvalue weighted by molar-refractivity contribution is -0.121. The number of rotatable bonds is 17. The first kappa shape index (κ1) is 35.5. The molecule has 0 saturated heterocycles. The lowest BCUT2D eigenvalue weighted by Gasteiger charge is -2.06. The number of aryl methyl sites for hydroxylation is 4. The summed E-state index contributed by atoms with van der Waals surface area (Å²) >= 11 is 0. The van der Waals surface area contributed by atoms with Crippen LogP contribution in [0.3, 0.4) is 0 Å². The molecular formula is C30H37N13O6. The number of imidazole rings is 2. The molecule has 0 aliphatic heterocycles. The van der Waals surface area contributed by atoms with Crippen molar-refractivity contribution in [2.24, 2.45) is 26.3 Å². The molecule has 4 heterocycles. The fourth-order valence-corrected chi connectivity index (χ4v) is 4.90. The van der Waals surface area contributed by atoms with Gasteiger partial charge in [0.15, 0.2) is 11.6 Å². The molecule has 0 aromatic carbocycles. The van der Waals surface area contributed by atoms with E-state index in [0.29, 0.717) is 31.0 Å². The molecule has 258 valence electrons. The van der Waals surface area contributed by atoms with Crippen LogP contribution < -0.4 is 21.3 Å². The van der Waals surface area contributed by atoms with E-state index in [9.17, 15) is 29.1 Å². The lowest BCUT2D eigenvalue weighted by Crippen LogP contribution is -2.18. The summed E-state index contributed by atoms with van der Waals surface area (Å²) in [7, 11) is 4.95. The number of nitrogens with zero attached hydrogens (tertiary/aromatic N) is 9. The molecule has 0 radical (unpaired) electrons. The van der Waals surface area contributed by atoms with Gasteiger partial charge >= 0.3 is 5.97 Å². The first-order chi connectivity index (χ1) is 23.4. The van der Waals surface area contributed by atoms with Crippen molar-refractivity contribution in [1.29, 1.82) is 0 Å². The Morgan fingerprint density at radius 1 is 0.816 bits per heavy atom. The third-order valence-electron chi connectivity index (χ3n) is 7.32. The van der Waals surface area contributed by atoms with E-state index in [1.54, 1.807) is 53.3 Å². The summed E-state index contributed by atoms with van der Waals surface area (Å²) in [5.41, 5.74) is 9.07. The second-order valence-electron chi connectivity index (χ2n) is 11.1. The molecule has 19 heteroatoms. The van der Waals surface area contributed by atoms with Gasteiger partial charge in [-0.2, -0.15) is 0 Å². The van der Waals surface area contributed by atoms with Gasteiger partial charge in [0.05, 0.1) is 11.4 Å². The molecule has 0 bridgehead atoms. The third-order valence-corrected chi connectivity index (χ3v) is 7.32. The van der Waals surface area contributed by atoms with E-state index < -0.39 is 29.6 Å². The summed E-state index contributed by atoms with van der Waals surface area (Å²) in [6.45, 7) is 0.840. The maximum atomic E-state index is 13.0. The molecule has 4 aromatic heterocycles. The summed E-state index contributed by atoms with van der Waals surface area (Å²) < 4.78 is 6.14. The van der Waals surface area contributed by atoms with Gasteiger partial charge in [0, 0.05) is 89.0 Å². The predicted octanol–water partition coefficient (Wildman–Crippen LogP) is 3.72. The summed E-state index contributed by atoms with van der Waals surface area (Å²) in [5.74, 6) is -2.41. The van der Waals surface area contributed by atoms with Crippen molar-refractivity contribution in [2.75, 3.05) is 27.8 Å². The Hall–Kier alpha value is -6.36. The molecule has 0 aliphatic carbocycles. The Morgan fingerprint density at radius 3 is 2.16 bits per heavy atom. The number of anilines is 4. The molecule has 4 amide bonds. The monoisotopic (exact) mass is 675 g/mol. The molecule has 19 nitrogen and oxygen atoms in total. The van der Waals surface area contributed by atoms with Crippen LogP contribution in [0.25, 0.3) is 10.4 Å². The van der Waals surface area contributed by atoms with Crippen LogP contribution in [0.2, 0.25) is 0 Å². The van der Waals surface area contributed by atoms with Crippen LogP contribution in [0.4, 0.5) is 23.0 Å². The van der Waals surface area contributed by atoms with Crippen molar-refractivity contribution in [3.05, 3.63) is 70.9 Å². The molecule has 0 aliphatic rings. The Balaban J connectivity index is 1.25. The van der Waals surface area contributed by atoms with Crippen LogP contribution in [-0.4, -0.2) is 69.5 Å². The normalized spacial score (nSPS) is 10.7. The second kappa shape index (κ2) is 16.5. The molecule has 0 atom stereocenters. The van der Waals surface area contributed by atoms with Gasteiger partial charge in [-0.05, 0) is 24.4 Å². The zero-order chi connectivity index (χ0) is 35.5. The maximum Gasteiger partial charge on any atom is 0.352 e. The van der Waals surface area contributed by atoms with Gasteiger partial charge < -0.3 is 44.6 Å². The molecule has 49 heavy (non-hydrogen) atoms. The van der Waals surface area contributed by atoms with Gasteiger partial charge in [-0.3, -0.25) is 19.2 Å². The van der Waals surface area contributed by atoms with E-state index in [4.69, 9.17) is 5.53 Å². The van der Waals surface area contributed by atoms with Crippen molar-refractivity contribution in [3.63, 3.8) is 0 Å². The van der Waals surface area contributed by atoms with Crippen LogP contribution in [0.1, 0.15) is 70.3 Å². The zero-order valence-corrected chi connectivity index (χ0v) is 27.2. The average Bonchev–Trinajstić information content (AvgIpc) is 3.82. The van der Waals surface area contributed by atoms with Crippen molar-refractivity contribution >= 4 is 52.6 Å². The number of hydrogen-bond acceptors (Lipinski definition) is 8. The van der Waals surface area contributed by atoms with Crippen molar-refractivity contribution in [3.8, 4) is 0 Å². The van der Waals surface area contributed by atoms with Crippen molar-refractivity contribution in [2.45, 2.75) is 45.1 Å². The van der Waals surface area contributed by atoms with Gasteiger partial charge in [-0.15, -0.1) is 0 Å². The van der Waals surface area contributed by atoms with Gasteiger partial charge in [0.1, 0.15) is 11.5 Å². The molecule has 0 spiro atoms. The smallest absolute Gasteiger partial charge is 0.352 e. The predicted molar refractivity (Wildman–Crippen MR) is 178 cm³/mol. The quantitative estimate of drug-likeness (QED) is 0.0476. The van der Waals surface area contributed by atoms with Crippen molar-refractivity contribution < 1.29 is 29.1 Å². The van der Waals surface area contributed by atoms with Crippen LogP contribution in [0.5, 0.6) is 0 Å². The highest BCUT2D eigenvalue weighted by molar-refractivity contribution is 6.04. The van der Waals surface area contributed by atoms with E-state index in [-0.39, 0.29) is 41.7 Å². The second-order valence-corrected chi connectivity index (χ2v) is 11.1. The van der Waals surface area contributed by atoms with Crippen molar-refractivity contribution in [1.82, 2.24) is 28.2 Å². The summed E-state index contributed by atoms with van der Waals surface area (Å²) in [6.07, 6.45) is 10.5. The highest BCUT2D eigenvalue weighted by Gasteiger charge is 2.19. The topological polar surface area (TPSA) is 248 Å². The fourth-order valence-electron chi connectivity index (χ4n) is 4.90. The summed E-state index contributed by atoms with van der Waals surface area (Å²) in [4.78, 5) is 73.2. The van der Waals surface area contributed by atoms with Crippen LogP contribution in [0.15, 0.2) is 48.2 Å². The molecule has 0 fully saturated rings. The van der Waals surface area contributed by atoms with E-state index in [2.05, 4.69) is 41.3 Å². The minimum absolute atomic E-state index is 0.0149. The Kier molecular flexibility index (Phi) is 11.9. The summed E-state index contributed by atoms with van der Waals surface area (Å²) in [6, 6.07) is 2.93. The maximum absolute atomic E-state index is 13.0. The number of amides is 4. The first-order valence-corrected chi connectivity index (χ1v) is 15.3. The van der Waals surface area contributed by atoms with E-state index in [1.807, 2.05) is 0 Å². The SMILES string of the molecule is Cn1cc(NC(=O)c2nccn2C)cc1NC(=O)CCC(=O)Nc1cn(C)c(C(=O)Nc2cc(C(=O)O)n(CCCCCCN=[N+]=[N-])c2)n1. The van der Waals surface area contributed by atoms with Gasteiger partial charge in [0.25, 0.3) is 11.8 Å². The average molecular weight is 676 g/mol. The van der Waals surface area contributed by atoms with Crippen LogP contribution in [0, 0.1) is 0 Å². The standard InChI is InChI=1S/C30H37N13O6/c1-40-13-11-32-26(40)28(46)35-20-15-23(41(2)16-20)38-25(45)9-8-24(44)36-22-18-42(3)27(37-22)29(47)34-19-14-21(30(48)49)43(17-19)12-7-5-4-6-10-33-39-31/h11,13-18H,4-10,12H2,1-3H3,(H,34,47)(H,35,46)(H,36,44)(H,38,45)(H,48,49). The van der Waals surface area contributed by atoms with Gasteiger partial charge in [-0.25, -0.2) is 14.8 Å². The number of carbonyl (C=O) groups is 5. The van der Waals surface area contributed by atoms with E-state index >= 15 is 0 Å². The zero-order valence-electron chi connectivity index (χ0n) is 27.2. The molecule has 4 aromatic rings. The highest BCUT2D eigenvalue weighted by Crippen LogP contribution is 2.20. The minimum Gasteiger partial charge on any atom is -0.477 e. The third kappa shape index (κ3) is 9.82. The number of nitrogens with one attached hydrogen (secondary N) is 4. The Bertz CT molecular complexity index is 1890.